The van der Waals surface area contributed by atoms with E-state index in [1.54, 1.807) is 24.3 Å². The Morgan fingerprint density at radius 1 is 1.38 bits per heavy atom. The Morgan fingerprint density at radius 2 is 2.23 bits per heavy atom. The van der Waals surface area contributed by atoms with Crippen molar-refractivity contribution in [3.8, 4) is 0 Å². The van der Waals surface area contributed by atoms with Gasteiger partial charge in [0, 0.05) is 0 Å². The van der Waals surface area contributed by atoms with E-state index in [9.17, 15) is 0 Å². The van der Waals surface area contributed by atoms with E-state index in [1.165, 1.54) is 0 Å². The lowest BCUT2D eigenvalue weighted by atomic mass is 10.3. The number of fused-ring (bicyclic) bond motifs is 1. The molecule has 0 saturated carbocycles. The van der Waals surface area contributed by atoms with Crippen LogP contribution in [-0.2, 0) is 4.74 Å². The van der Waals surface area contributed by atoms with Crippen molar-refractivity contribution in [3.05, 3.63) is 30.5 Å². The van der Waals surface area contributed by atoms with Gasteiger partial charge in [0.05, 0.1) is 18.8 Å². The zero-order valence-corrected chi connectivity index (χ0v) is 7.21. The summed E-state index contributed by atoms with van der Waals surface area (Å²) in [6.07, 6.45) is 3.27. The van der Waals surface area contributed by atoms with E-state index in [2.05, 4.69) is 10.3 Å². The first kappa shape index (κ1) is 7.79. The third-order valence-corrected chi connectivity index (χ3v) is 1.72. The molecule has 1 heterocycles. The van der Waals surface area contributed by atoms with E-state index in [-0.39, 0.29) is 0 Å². The minimum absolute atomic E-state index is 0.878. The summed E-state index contributed by atoms with van der Waals surface area (Å²) in [5.74, 6) is 0. The first-order chi connectivity index (χ1) is 6.42. The quantitative estimate of drug-likeness (QED) is 0.649. The van der Waals surface area contributed by atoms with Gasteiger partial charge in [-0.15, -0.1) is 5.10 Å². The molecule has 0 aliphatic heterocycles. The molecule has 2 rings (SSSR count). The van der Waals surface area contributed by atoms with Crippen LogP contribution in [0.25, 0.3) is 17.2 Å². The molecule has 0 amide bonds. The number of nitrogens with zero attached hydrogens (tertiary/aromatic N) is 3. The van der Waals surface area contributed by atoms with Crippen LogP contribution in [0, 0.1) is 0 Å². The van der Waals surface area contributed by atoms with Gasteiger partial charge in [-0.05, 0) is 12.1 Å². The molecule has 0 spiro atoms. The van der Waals surface area contributed by atoms with E-state index < -0.39 is 0 Å². The van der Waals surface area contributed by atoms with Gasteiger partial charge >= 0.3 is 0 Å². The molecule has 0 aliphatic carbocycles. The van der Waals surface area contributed by atoms with Gasteiger partial charge in [-0.2, -0.15) is 0 Å². The van der Waals surface area contributed by atoms with Crippen molar-refractivity contribution in [1.82, 2.24) is 15.0 Å². The Balaban J connectivity index is 2.52. The Hall–Kier alpha value is -1.84. The largest absolute Gasteiger partial charge is 0.503 e. The highest BCUT2D eigenvalue weighted by molar-refractivity contribution is 5.75. The van der Waals surface area contributed by atoms with Crippen molar-refractivity contribution in [2.75, 3.05) is 7.11 Å². The molecule has 1 aromatic carbocycles. The molecule has 0 aliphatic rings. The van der Waals surface area contributed by atoms with Gasteiger partial charge in [-0.3, -0.25) is 0 Å². The fraction of sp³-hybridized carbons (Fsp3) is 0.111. The third kappa shape index (κ3) is 1.38. The van der Waals surface area contributed by atoms with Crippen LogP contribution in [0.5, 0.6) is 0 Å². The first-order valence-corrected chi connectivity index (χ1v) is 3.91. The Labute approximate surface area is 75.4 Å². The predicted octanol–water partition coefficient (Wildman–Crippen LogP) is 1.51. The Bertz CT molecular complexity index is 433. The SMILES string of the molecule is CO/C=C\n1nnc2ccccc21. The van der Waals surface area contributed by atoms with E-state index >= 15 is 0 Å². The summed E-state index contributed by atoms with van der Waals surface area (Å²) in [6, 6.07) is 7.75. The molecule has 0 atom stereocenters. The van der Waals surface area contributed by atoms with Crippen molar-refractivity contribution in [2.45, 2.75) is 0 Å². The number of para-hydroxylation sites is 1. The summed E-state index contributed by atoms with van der Waals surface area (Å²) in [5.41, 5.74) is 1.85. The van der Waals surface area contributed by atoms with Gasteiger partial charge in [-0.25, -0.2) is 4.68 Å². The zero-order chi connectivity index (χ0) is 9.10. The molecule has 0 N–H and O–H groups in total. The second kappa shape index (κ2) is 3.26. The number of methoxy groups -OCH3 is 1. The average molecular weight is 175 g/mol. The van der Waals surface area contributed by atoms with Crippen molar-refractivity contribution >= 4 is 17.2 Å². The van der Waals surface area contributed by atoms with Crippen molar-refractivity contribution < 1.29 is 4.74 Å². The molecule has 0 saturated heterocycles. The van der Waals surface area contributed by atoms with Gasteiger partial charge in [0.2, 0.25) is 0 Å². The van der Waals surface area contributed by atoms with Crippen LogP contribution in [0.1, 0.15) is 0 Å². The number of hydrogen-bond acceptors (Lipinski definition) is 3. The fourth-order valence-electron chi connectivity index (χ4n) is 1.12. The fourth-order valence-corrected chi connectivity index (χ4v) is 1.12. The number of aromatic nitrogens is 3. The van der Waals surface area contributed by atoms with Crippen LogP contribution in [0.3, 0.4) is 0 Å². The molecule has 0 fully saturated rings. The molecule has 4 heteroatoms. The van der Waals surface area contributed by atoms with Gasteiger partial charge in [0.25, 0.3) is 0 Å². The Kier molecular flexibility index (Phi) is 1.96. The summed E-state index contributed by atoms with van der Waals surface area (Å²) in [6.45, 7) is 0. The maximum Gasteiger partial charge on any atom is 0.113 e. The molecule has 0 radical (unpaired) electrons. The number of rotatable bonds is 2. The van der Waals surface area contributed by atoms with Crippen molar-refractivity contribution in [2.24, 2.45) is 0 Å². The van der Waals surface area contributed by atoms with Crippen LogP contribution >= 0.6 is 0 Å². The standard InChI is InChI=1S/C9H9N3O/c1-13-7-6-12-9-5-3-2-4-8(9)10-11-12/h2-7H,1H3/b7-6-. The van der Waals surface area contributed by atoms with E-state index in [0.29, 0.717) is 0 Å². The second-order valence-corrected chi connectivity index (χ2v) is 2.54. The summed E-state index contributed by atoms with van der Waals surface area (Å²) in [5, 5.41) is 7.91. The lowest BCUT2D eigenvalue weighted by Gasteiger charge is -1.91. The topological polar surface area (TPSA) is 39.9 Å². The molecule has 66 valence electrons. The average Bonchev–Trinajstić information content (AvgIpc) is 2.58. The number of ether oxygens (including phenoxy) is 1. The van der Waals surface area contributed by atoms with E-state index in [0.717, 1.165) is 11.0 Å². The predicted molar refractivity (Wildman–Crippen MR) is 49.9 cm³/mol. The highest BCUT2D eigenvalue weighted by Crippen LogP contribution is 2.09. The summed E-state index contributed by atoms with van der Waals surface area (Å²) in [4.78, 5) is 0. The third-order valence-electron chi connectivity index (χ3n) is 1.72. The molecule has 13 heavy (non-hydrogen) atoms. The van der Waals surface area contributed by atoms with Gasteiger partial charge in [0.1, 0.15) is 11.8 Å². The number of benzene rings is 1. The molecule has 0 unspecified atom stereocenters. The lowest BCUT2D eigenvalue weighted by molar-refractivity contribution is 0.339. The molecular weight excluding hydrogens is 166 g/mol. The van der Waals surface area contributed by atoms with Gasteiger partial charge in [-0.1, -0.05) is 17.3 Å². The highest BCUT2D eigenvalue weighted by atomic mass is 16.5. The van der Waals surface area contributed by atoms with Crippen molar-refractivity contribution in [1.29, 1.82) is 0 Å². The van der Waals surface area contributed by atoms with Gasteiger partial charge < -0.3 is 4.74 Å². The summed E-state index contributed by atoms with van der Waals surface area (Å²) >= 11 is 0. The van der Waals surface area contributed by atoms with Crippen LogP contribution in [-0.4, -0.2) is 22.1 Å². The highest BCUT2D eigenvalue weighted by Gasteiger charge is 1.98. The monoisotopic (exact) mass is 175 g/mol. The molecule has 2 aromatic rings. The van der Waals surface area contributed by atoms with Crippen LogP contribution < -0.4 is 0 Å². The minimum atomic E-state index is 0.878. The molecule has 1 aromatic heterocycles. The minimum Gasteiger partial charge on any atom is -0.503 e. The molecular formula is C9H9N3O. The molecule has 4 nitrogen and oxygen atoms in total. The van der Waals surface area contributed by atoms with Gasteiger partial charge in [0.15, 0.2) is 0 Å². The summed E-state index contributed by atoms with van der Waals surface area (Å²) < 4.78 is 6.46. The lowest BCUT2D eigenvalue weighted by Crippen LogP contribution is -1.88. The second-order valence-electron chi connectivity index (χ2n) is 2.54. The first-order valence-electron chi connectivity index (χ1n) is 3.91. The van der Waals surface area contributed by atoms with Crippen molar-refractivity contribution in [3.63, 3.8) is 0 Å². The normalized spacial score (nSPS) is 11.2. The maximum atomic E-state index is 4.79. The van der Waals surface area contributed by atoms with E-state index in [1.807, 2.05) is 24.3 Å². The maximum absolute atomic E-state index is 4.79. The Morgan fingerprint density at radius 3 is 3.08 bits per heavy atom. The molecule has 0 bridgehead atoms. The number of hydrogen-bond donors (Lipinski definition) is 0. The van der Waals surface area contributed by atoms with Crippen LogP contribution in [0.2, 0.25) is 0 Å². The zero-order valence-electron chi connectivity index (χ0n) is 7.21. The van der Waals surface area contributed by atoms with E-state index in [4.69, 9.17) is 4.74 Å². The summed E-state index contributed by atoms with van der Waals surface area (Å²) in [7, 11) is 1.59. The smallest absolute Gasteiger partial charge is 0.113 e. The van der Waals surface area contributed by atoms with Crippen LogP contribution in [0.15, 0.2) is 30.5 Å². The van der Waals surface area contributed by atoms with Crippen LogP contribution in [0.4, 0.5) is 0 Å².